The average molecular weight is 338 g/mol. The molecule has 1 saturated carbocycles. The second kappa shape index (κ2) is 5.96. The number of carbonyl (C=O) groups is 1. The van der Waals surface area contributed by atoms with Crippen LogP contribution in [0.5, 0.6) is 0 Å². The molecule has 0 unspecified atom stereocenters. The molecule has 4 nitrogen and oxygen atoms in total. The Bertz CT molecular complexity index is 763. The third-order valence-electron chi connectivity index (χ3n) is 4.18. The van der Waals surface area contributed by atoms with Gasteiger partial charge in [0.1, 0.15) is 12.3 Å². The first kappa shape index (κ1) is 16.5. The van der Waals surface area contributed by atoms with Crippen LogP contribution in [-0.2, 0) is 0 Å². The standard InChI is InChI=1S/C17H17F3N2O2/c1-10-4-3-5-14(11(10)2)22(9-17(18,19)20)16(23)13-8-15(24-21-13)12-6-7-12/h3-5,8,12H,6-7,9H2,1-2H3. The molecule has 1 fully saturated rings. The van der Waals surface area contributed by atoms with E-state index in [1.807, 2.05) is 0 Å². The van der Waals surface area contributed by atoms with Crippen molar-refractivity contribution in [2.24, 2.45) is 0 Å². The number of rotatable bonds is 4. The summed E-state index contributed by atoms with van der Waals surface area (Å²) in [6.45, 7) is 2.11. The monoisotopic (exact) mass is 338 g/mol. The number of aryl methyl sites for hydroxylation is 1. The molecule has 2 aromatic rings. The molecule has 0 spiro atoms. The Morgan fingerprint density at radius 2 is 2.04 bits per heavy atom. The third-order valence-corrected chi connectivity index (χ3v) is 4.18. The van der Waals surface area contributed by atoms with Crippen molar-refractivity contribution in [3.05, 3.63) is 46.8 Å². The topological polar surface area (TPSA) is 46.3 Å². The van der Waals surface area contributed by atoms with Crippen molar-refractivity contribution in [3.63, 3.8) is 0 Å². The van der Waals surface area contributed by atoms with Crippen molar-refractivity contribution in [1.82, 2.24) is 5.16 Å². The van der Waals surface area contributed by atoms with Gasteiger partial charge in [0.05, 0.1) is 0 Å². The van der Waals surface area contributed by atoms with Gasteiger partial charge in [-0.25, -0.2) is 0 Å². The van der Waals surface area contributed by atoms with Crippen LogP contribution in [0.15, 0.2) is 28.8 Å². The fourth-order valence-electron chi connectivity index (χ4n) is 2.56. The molecule has 1 aromatic carbocycles. The molecule has 128 valence electrons. The SMILES string of the molecule is Cc1cccc(N(CC(F)(F)F)C(=O)c2cc(C3CC3)on2)c1C. The van der Waals surface area contributed by atoms with Gasteiger partial charge in [-0.3, -0.25) is 9.69 Å². The number of hydrogen-bond donors (Lipinski definition) is 0. The van der Waals surface area contributed by atoms with Crippen molar-refractivity contribution in [2.75, 3.05) is 11.4 Å². The molecule has 24 heavy (non-hydrogen) atoms. The summed E-state index contributed by atoms with van der Waals surface area (Å²) in [5.41, 5.74) is 1.57. The van der Waals surface area contributed by atoms with Crippen molar-refractivity contribution < 1.29 is 22.5 Å². The van der Waals surface area contributed by atoms with E-state index in [0.29, 0.717) is 11.3 Å². The summed E-state index contributed by atoms with van der Waals surface area (Å²) in [5.74, 6) is -0.0150. The first-order valence-electron chi connectivity index (χ1n) is 7.67. The van der Waals surface area contributed by atoms with E-state index in [0.717, 1.165) is 23.3 Å². The minimum absolute atomic E-state index is 0.0953. The number of hydrogen-bond acceptors (Lipinski definition) is 3. The van der Waals surface area contributed by atoms with Crippen molar-refractivity contribution >= 4 is 11.6 Å². The Balaban J connectivity index is 1.96. The summed E-state index contributed by atoms with van der Waals surface area (Å²) in [6.07, 6.45) is -2.62. The van der Waals surface area contributed by atoms with E-state index >= 15 is 0 Å². The Labute approximate surface area is 137 Å². The molecule has 0 aliphatic heterocycles. The molecule has 0 atom stereocenters. The fraction of sp³-hybridized carbons (Fsp3) is 0.412. The minimum Gasteiger partial charge on any atom is -0.360 e. The van der Waals surface area contributed by atoms with Crippen LogP contribution in [0.3, 0.4) is 0 Å². The van der Waals surface area contributed by atoms with Gasteiger partial charge in [0, 0.05) is 17.7 Å². The van der Waals surface area contributed by atoms with Crippen LogP contribution in [0, 0.1) is 13.8 Å². The molecule has 1 heterocycles. The highest BCUT2D eigenvalue weighted by Gasteiger charge is 2.36. The van der Waals surface area contributed by atoms with Crippen LogP contribution in [0.2, 0.25) is 0 Å². The van der Waals surface area contributed by atoms with E-state index in [9.17, 15) is 18.0 Å². The number of anilines is 1. The predicted molar refractivity (Wildman–Crippen MR) is 82.1 cm³/mol. The lowest BCUT2D eigenvalue weighted by atomic mass is 10.1. The molecule has 0 radical (unpaired) electrons. The maximum atomic E-state index is 13.0. The van der Waals surface area contributed by atoms with Crippen molar-refractivity contribution in [1.29, 1.82) is 0 Å². The fourth-order valence-corrected chi connectivity index (χ4v) is 2.56. The quantitative estimate of drug-likeness (QED) is 0.831. The first-order valence-corrected chi connectivity index (χ1v) is 7.67. The van der Waals surface area contributed by atoms with E-state index in [1.165, 1.54) is 12.1 Å². The molecular weight excluding hydrogens is 321 g/mol. The zero-order valence-corrected chi connectivity index (χ0v) is 13.4. The largest absolute Gasteiger partial charge is 0.406 e. The molecule has 0 saturated heterocycles. The summed E-state index contributed by atoms with van der Waals surface area (Å²) < 4.78 is 44.1. The molecule has 7 heteroatoms. The summed E-state index contributed by atoms with van der Waals surface area (Å²) >= 11 is 0. The number of amides is 1. The maximum absolute atomic E-state index is 13.0. The van der Waals surface area contributed by atoms with Gasteiger partial charge < -0.3 is 4.52 Å². The predicted octanol–water partition coefficient (Wildman–Crippen LogP) is 4.38. The highest BCUT2D eigenvalue weighted by molar-refractivity contribution is 6.05. The Hall–Kier alpha value is -2.31. The molecule has 1 aliphatic rings. The Morgan fingerprint density at radius 3 is 2.67 bits per heavy atom. The van der Waals surface area contributed by atoms with Crippen LogP contribution < -0.4 is 4.90 Å². The molecule has 0 N–H and O–H groups in total. The summed E-state index contributed by atoms with van der Waals surface area (Å²) in [6, 6.07) is 6.38. The number of halogens is 3. The Morgan fingerprint density at radius 1 is 1.33 bits per heavy atom. The van der Waals surface area contributed by atoms with Gasteiger partial charge in [-0.2, -0.15) is 13.2 Å². The number of benzene rings is 1. The summed E-state index contributed by atoms with van der Waals surface area (Å²) in [7, 11) is 0. The normalized spacial score (nSPS) is 14.7. The average Bonchev–Trinajstić information content (AvgIpc) is 3.24. The number of carbonyl (C=O) groups excluding carboxylic acids is 1. The second-order valence-corrected chi connectivity index (χ2v) is 6.11. The number of alkyl halides is 3. The van der Waals surface area contributed by atoms with Crippen molar-refractivity contribution in [2.45, 2.75) is 38.8 Å². The van der Waals surface area contributed by atoms with E-state index in [-0.39, 0.29) is 17.3 Å². The Kier molecular flexibility index (Phi) is 4.11. The number of nitrogens with zero attached hydrogens (tertiary/aromatic N) is 2. The van der Waals surface area contributed by atoms with E-state index in [1.54, 1.807) is 26.0 Å². The summed E-state index contributed by atoms with van der Waals surface area (Å²) in [4.78, 5) is 13.4. The molecule has 1 aliphatic carbocycles. The van der Waals surface area contributed by atoms with Gasteiger partial charge in [-0.05, 0) is 43.9 Å². The molecular formula is C17H17F3N2O2. The van der Waals surface area contributed by atoms with Crippen LogP contribution in [0.25, 0.3) is 0 Å². The van der Waals surface area contributed by atoms with Crippen LogP contribution >= 0.6 is 0 Å². The van der Waals surface area contributed by atoms with Crippen LogP contribution in [0.1, 0.15) is 46.1 Å². The van der Waals surface area contributed by atoms with E-state index in [2.05, 4.69) is 5.16 Å². The van der Waals surface area contributed by atoms with Gasteiger partial charge in [-0.1, -0.05) is 17.3 Å². The second-order valence-electron chi connectivity index (χ2n) is 6.11. The highest BCUT2D eigenvalue weighted by atomic mass is 19.4. The number of aromatic nitrogens is 1. The molecule has 1 aromatic heterocycles. The smallest absolute Gasteiger partial charge is 0.360 e. The van der Waals surface area contributed by atoms with Crippen LogP contribution in [-0.4, -0.2) is 23.8 Å². The van der Waals surface area contributed by atoms with Gasteiger partial charge in [0.15, 0.2) is 5.69 Å². The van der Waals surface area contributed by atoms with Crippen molar-refractivity contribution in [3.8, 4) is 0 Å². The molecule has 1 amide bonds. The van der Waals surface area contributed by atoms with Gasteiger partial charge >= 0.3 is 6.18 Å². The van der Waals surface area contributed by atoms with Gasteiger partial charge in [0.25, 0.3) is 5.91 Å². The third kappa shape index (κ3) is 3.44. The lowest BCUT2D eigenvalue weighted by molar-refractivity contribution is -0.118. The first-order chi connectivity index (χ1) is 11.3. The van der Waals surface area contributed by atoms with Gasteiger partial charge in [-0.15, -0.1) is 0 Å². The summed E-state index contributed by atoms with van der Waals surface area (Å²) in [5, 5.41) is 3.67. The highest BCUT2D eigenvalue weighted by Crippen LogP contribution is 2.40. The zero-order valence-electron chi connectivity index (χ0n) is 13.4. The van der Waals surface area contributed by atoms with Gasteiger partial charge in [0.2, 0.25) is 0 Å². The lowest BCUT2D eigenvalue weighted by Gasteiger charge is -2.25. The van der Waals surface area contributed by atoms with Crippen LogP contribution in [0.4, 0.5) is 18.9 Å². The zero-order chi connectivity index (χ0) is 17.5. The van der Waals surface area contributed by atoms with E-state index in [4.69, 9.17) is 4.52 Å². The van der Waals surface area contributed by atoms with E-state index < -0.39 is 18.6 Å². The molecule has 3 rings (SSSR count). The maximum Gasteiger partial charge on any atom is 0.406 e. The molecule has 0 bridgehead atoms. The lowest BCUT2D eigenvalue weighted by Crippen LogP contribution is -2.39. The minimum atomic E-state index is -4.52.